The van der Waals surface area contributed by atoms with Crippen molar-refractivity contribution in [3.63, 3.8) is 0 Å². The van der Waals surface area contributed by atoms with Gasteiger partial charge in [0, 0.05) is 13.1 Å². The lowest BCUT2D eigenvalue weighted by atomic mass is 10.0. The van der Waals surface area contributed by atoms with Gasteiger partial charge in [0.2, 0.25) is 0 Å². The maximum atomic E-state index is 6.38. The average Bonchev–Trinajstić information content (AvgIpc) is 2.81. The van der Waals surface area contributed by atoms with Gasteiger partial charge in [-0.1, -0.05) is 72.6 Å². The third kappa shape index (κ3) is 3.04. The van der Waals surface area contributed by atoms with Crippen LogP contribution in [0.3, 0.4) is 0 Å². The summed E-state index contributed by atoms with van der Waals surface area (Å²) in [4.78, 5) is 4.29. The minimum Gasteiger partial charge on any atom is -0.342 e. The van der Waals surface area contributed by atoms with Gasteiger partial charge in [-0.25, -0.2) is 0 Å². The summed E-state index contributed by atoms with van der Waals surface area (Å²) < 4.78 is 0. The highest BCUT2D eigenvalue weighted by Crippen LogP contribution is 2.30. The van der Waals surface area contributed by atoms with Gasteiger partial charge in [0.25, 0.3) is 0 Å². The lowest BCUT2D eigenvalue weighted by Crippen LogP contribution is -2.29. The lowest BCUT2D eigenvalue weighted by molar-refractivity contribution is 0.260. The predicted octanol–water partition coefficient (Wildman–Crippen LogP) is 4.97. The second-order valence-electron chi connectivity index (χ2n) is 5.64. The van der Waals surface area contributed by atoms with Crippen molar-refractivity contribution in [1.29, 1.82) is 0 Å². The summed E-state index contributed by atoms with van der Waals surface area (Å²) in [6.07, 6.45) is 2.03. The first-order chi connectivity index (χ1) is 10.7. The van der Waals surface area contributed by atoms with E-state index >= 15 is 0 Å². The zero-order valence-corrected chi connectivity index (χ0v) is 14.2. The molecule has 0 saturated heterocycles. The number of nitrogens with zero attached hydrogens (tertiary/aromatic N) is 2. The van der Waals surface area contributed by atoms with Gasteiger partial charge < -0.3 is 9.80 Å². The minimum atomic E-state index is 0.676. The van der Waals surface area contributed by atoms with Gasteiger partial charge >= 0.3 is 0 Å². The average molecular weight is 335 g/mol. The smallest absolute Gasteiger partial charge is 0.141 e. The van der Waals surface area contributed by atoms with Gasteiger partial charge in [0.05, 0.1) is 6.67 Å². The van der Waals surface area contributed by atoms with Crippen LogP contribution in [0.15, 0.2) is 52.8 Å². The van der Waals surface area contributed by atoms with Crippen LogP contribution in [0, 0.1) is 0 Å². The molecule has 0 saturated carbocycles. The second-order valence-corrected chi connectivity index (χ2v) is 6.35. The molecule has 1 aliphatic rings. The molecule has 0 amide bonds. The third-order valence-corrected chi connectivity index (χ3v) is 5.02. The van der Waals surface area contributed by atoms with Gasteiger partial charge in [0.15, 0.2) is 0 Å². The molecule has 0 fully saturated rings. The molecule has 0 aromatic heterocycles. The van der Waals surface area contributed by atoms with Crippen LogP contribution in [-0.4, -0.2) is 29.6 Å². The van der Waals surface area contributed by atoms with Crippen LogP contribution in [0.4, 0.5) is 0 Å². The molecule has 2 aromatic rings. The van der Waals surface area contributed by atoms with E-state index in [0.717, 1.165) is 32.6 Å². The topological polar surface area (TPSA) is 6.48 Å². The van der Waals surface area contributed by atoms with Gasteiger partial charge in [-0.2, -0.15) is 0 Å². The Kier molecular flexibility index (Phi) is 4.80. The predicted molar refractivity (Wildman–Crippen MR) is 95.0 cm³/mol. The van der Waals surface area contributed by atoms with E-state index in [2.05, 4.69) is 59.2 Å². The normalized spacial score (nSPS) is 15.2. The molecule has 116 valence electrons. The van der Waals surface area contributed by atoms with E-state index in [4.69, 9.17) is 23.2 Å². The van der Waals surface area contributed by atoms with Crippen LogP contribution in [0.2, 0.25) is 0 Å². The summed E-state index contributed by atoms with van der Waals surface area (Å²) >= 11 is 12.7. The van der Waals surface area contributed by atoms with Gasteiger partial charge in [-0.05, 0) is 29.2 Å². The van der Waals surface area contributed by atoms with E-state index in [0.29, 0.717) is 10.3 Å². The first-order valence-corrected chi connectivity index (χ1v) is 8.48. The molecule has 0 aliphatic carbocycles. The Bertz CT molecular complexity index is 691. The quantitative estimate of drug-likeness (QED) is 0.712. The van der Waals surface area contributed by atoms with Crippen LogP contribution >= 0.6 is 23.2 Å². The van der Waals surface area contributed by atoms with Crippen LogP contribution in [0.5, 0.6) is 0 Å². The van der Waals surface area contributed by atoms with Crippen molar-refractivity contribution >= 4 is 34.0 Å². The van der Waals surface area contributed by atoms with Crippen LogP contribution in [-0.2, 0) is 6.42 Å². The highest BCUT2D eigenvalue weighted by atomic mass is 35.5. The Labute approximate surface area is 141 Å². The fourth-order valence-corrected chi connectivity index (χ4v) is 3.48. The summed E-state index contributed by atoms with van der Waals surface area (Å²) in [6, 6.07) is 15.0. The van der Waals surface area contributed by atoms with E-state index in [1.807, 2.05) is 0 Å². The number of fused-ring (bicyclic) bond motifs is 1. The van der Waals surface area contributed by atoms with Crippen LogP contribution < -0.4 is 0 Å². The van der Waals surface area contributed by atoms with Crippen molar-refractivity contribution < 1.29 is 0 Å². The molecule has 1 heterocycles. The summed E-state index contributed by atoms with van der Waals surface area (Å²) in [5.41, 5.74) is 1.35. The monoisotopic (exact) mass is 334 g/mol. The molecule has 0 atom stereocenters. The molecule has 2 aromatic carbocycles. The molecule has 0 spiro atoms. The minimum absolute atomic E-state index is 0.676. The number of halogens is 2. The van der Waals surface area contributed by atoms with E-state index in [9.17, 15) is 0 Å². The lowest BCUT2D eigenvalue weighted by Gasteiger charge is -2.22. The maximum absolute atomic E-state index is 6.38. The van der Waals surface area contributed by atoms with Crippen LogP contribution in [0.25, 0.3) is 10.8 Å². The molecule has 4 heteroatoms. The largest absolute Gasteiger partial charge is 0.342 e. The molecule has 1 aliphatic heterocycles. The number of hydrogen-bond acceptors (Lipinski definition) is 2. The molecule has 3 rings (SSSR count). The Morgan fingerprint density at radius 2 is 1.59 bits per heavy atom. The highest BCUT2D eigenvalue weighted by molar-refractivity contribution is 6.38. The van der Waals surface area contributed by atoms with Gasteiger partial charge in [0.1, 0.15) is 10.3 Å². The van der Waals surface area contributed by atoms with Crippen molar-refractivity contribution in [3.05, 3.63) is 58.3 Å². The Morgan fingerprint density at radius 1 is 0.909 bits per heavy atom. The maximum Gasteiger partial charge on any atom is 0.141 e. The van der Waals surface area contributed by atoms with Crippen molar-refractivity contribution in [2.24, 2.45) is 0 Å². The zero-order chi connectivity index (χ0) is 15.5. The van der Waals surface area contributed by atoms with Crippen molar-refractivity contribution in [2.75, 3.05) is 19.8 Å². The number of benzene rings is 2. The summed E-state index contributed by atoms with van der Waals surface area (Å²) in [6.45, 7) is 4.76. The standard InChI is InChI=1S/C18H20Cl2N2/c1-2-11-21-13-22(18(20)17(21)19)12-10-15-8-5-7-14-6-3-4-9-16(14)15/h3-9H,2,10-13H2,1H3. The molecular weight excluding hydrogens is 315 g/mol. The summed E-state index contributed by atoms with van der Waals surface area (Å²) in [7, 11) is 0. The van der Waals surface area contributed by atoms with Crippen molar-refractivity contribution in [3.8, 4) is 0 Å². The summed E-state index contributed by atoms with van der Waals surface area (Å²) in [5, 5.41) is 3.96. The first kappa shape index (κ1) is 15.5. The molecule has 0 unspecified atom stereocenters. The van der Waals surface area contributed by atoms with Gasteiger partial charge in [-0.15, -0.1) is 0 Å². The molecule has 0 bridgehead atoms. The second kappa shape index (κ2) is 6.80. The fraction of sp³-hybridized carbons (Fsp3) is 0.333. The Morgan fingerprint density at radius 3 is 2.36 bits per heavy atom. The van der Waals surface area contributed by atoms with E-state index < -0.39 is 0 Å². The van der Waals surface area contributed by atoms with E-state index in [1.54, 1.807) is 0 Å². The van der Waals surface area contributed by atoms with E-state index in [-0.39, 0.29) is 0 Å². The molecular formula is C18H20Cl2N2. The Balaban J connectivity index is 1.73. The number of hydrogen-bond donors (Lipinski definition) is 0. The molecule has 0 radical (unpaired) electrons. The molecule has 0 N–H and O–H groups in total. The van der Waals surface area contributed by atoms with Crippen LogP contribution in [0.1, 0.15) is 18.9 Å². The first-order valence-electron chi connectivity index (χ1n) is 7.72. The fourth-order valence-electron chi connectivity index (χ4n) is 2.96. The SMILES string of the molecule is CCCN1CN(CCc2cccc3ccccc23)C(Cl)=C1Cl. The van der Waals surface area contributed by atoms with E-state index in [1.165, 1.54) is 16.3 Å². The van der Waals surface area contributed by atoms with Crippen molar-refractivity contribution in [2.45, 2.75) is 19.8 Å². The molecule has 22 heavy (non-hydrogen) atoms. The zero-order valence-electron chi connectivity index (χ0n) is 12.7. The third-order valence-electron chi connectivity index (χ3n) is 4.09. The number of rotatable bonds is 5. The Hall–Kier alpha value is -1.38. The van der Waals surface area contributed by atoms with Crippen molar-refractivity contribution in [1.82, 2.24) is 9.80 Å². The van der Waals surface area contributed by atoms with Gasteiger partial charge in [-0.3, -0.25) is 0 Å². The highest BCUT2D eigenvalue weighted by Gasteiger charge is 2.25. The molecule has 2 nitrogen and oxygen atoms in total. The summed E-state index contributed by atoms with van der Waals surface area (Å²) in [5.74, 6) is 0.